The smallest absolute Gasteiger partial charge is 0.317 e. The Morgan fingerprint density at radius 3 is 2.83 bits per heavy atom. The van der Waals surface area contributed by atoms with Crippen LogP contribution in [0.3, 0.4) is 0 Å². The van der Waals surface area contributed by atoms with Crippen LogP contribution < -0.4 is 9.62 Å². The number of amides is 2. The van der Waals surface area contributed by atoms with Crippen LogP contribution in [0.1, 0.15) is 31.7 Å². The lowest BCUT2D eigenvalue weighted by Gasteiger charge is -2.24. The maximum Gasteiger partial charge on any atom is 0.317 e. The van der Waals surface area contributed by atoms with Gasteiger partial charge in [0.05, 0.1) is 11.9 Å². The quantitative estimate of drug-likeness (QED) is 0.894. The summed E-state index contributed by atoms with van der Waals surface area (Å²) in [6.45, 7) is 3.29. The van der Waals surface area contributed by atoms with Crippen molar-refractivity contribution in [1.82, 2.24) is 10.2 Å². The van der Waals surface area contributed by atoms with Gasteiger partial charge in [0.1, 0.15) is 0 Å². The lowest BCUT2D eigenvalue weighted by Crippen LogP contribution is -2.42. The predicted octanol–water partition coefficient (Wildman–Crippen LogP) is 2.17. The van der Waals surface area contributed by atoms with Crippen molar-refractivity contribution in [3.63, 3.8) is 0 Å². The molecule has 1 fully saturated rings. The third-order valence-corrected chi connectivity index (χ3v) is 5.53. The molecule has 1 unspecified atom stereocenters. The lowest BCUT2D eigenvalue weighted by atomic mass is 10.2. The lowest BCUT2D eigenvalue weighted by molar-refractivity contribution is 0.191. The molecule has 1 heterocycles. The molecule has 23 heavy (non-hydrogen) atoms. The molecule has 2 amide bonds. The van der Waals surface area contributed by atoms with Gasteiger partial charge in [-0.15, -0.1) is 0 Å². The van der Waals surface area contributed by atoms with Crippen molar-refractivity contribution >= 4 is 21.7 Å². The molecule has 0 bridgehead atoms. The predicted molar refractivity (Wildman–Crippen MR) is 91.9 cm³/mol. The van der Waals surface area contributed by atoms with Crippen LogP contribution in [0.4, 0.5) is 10.5 Å². The molecule has 1 atom stereocenters. The zero-order valence-corrected chi connectivity index (χ0v) is 14.8. The number of sulfonamides is 1. The largest absolute Gasteiger partial charge is 0.334 e. The minimum Gasteiger partial charge on any atom is -0.334 e. The van der Waals surface area contributed by atoms with Gasteiger partial charge in [-0.3, -0.25) is 4.31 Å². The molecule has 0 aromatic heterocycles. The van der Waals surface area contributed by atoms with Crippen molar-refractivity contribution in [2.75, 3.05) is 24.2 Å². The summed E-state index contributed by atoms with van der Waals surface area (Å²) in [7, 11) is -1.77. The molecule has 1 aliphatic rings. The van der Waals surface area contributed by atoms with E-state index in [0.717, 1.165) is 31.4 Å². The summed E-state index contributed by atoms with van der Waals surface area (Å²) in [5.41, 5.74) is 1.46. The number of anilines is 1. The second-order valence-electron chi connectivity index (χ2n) is 5.96. The summed E-state index contributed by atoms with van der Waals surface area (Å²) >= 11 is 0. The maximum absolute atomic E-state index is 12.3. The van der Waals surface area contributed by atoms with Gasteiger partial charge in [-0.25, -0.2) is 13.2 Å². The van der Waals surface area contributed by atoms with Crippen LogP contribution in [0.25, 0.3) is 0 Å². The van der Waals surface area contributed by atoms with Gasteiger partial charge in [-0.2, -0.15) is 0 Å². The van der Waals surface area contributed by atoms with Crippen molar-refractivity contribution < 1.29 is 13.2 Å². The fraction of sp³-hybridized carbons (Fsp3) is 0.562. The van der Waals surface area contributed by atoms with Crippen molar-refractivity contribution in [3.8, 4) is 0 Å². The van der Waals surface area contributed by atoms with Gasteiger partial charge in [0.2, 0.25) is 10.0 Å². The average Bonchev–Trinajstić information content (AvgIpc) is 3.00. The first-order chi connectivity index (χ1) is 10.8. The van der Waals surface area contributed by atoms with E-state index in [1.54, 1.807) is 18.2 Å². The normalized spacial score (nSPS) is 18.0. The summed E-state index contributed by atoms with van der Waals surface area (Å²) in [6, 6.07) is 7.47. The molecule has 1 aromatic carbocycles. The number of rotatable bonds is 5. The van der Waals surface area contributed by atoms with E-state index >= 15 is 0 Å². The number of urea groups is 1. The van der Waals surface area contributed by atoms with E-state index in [1.807, 2.05) is 11.0 Å². The highest BCUT2D eigenvalue weighted by Gasteiger charge is 2.26. The highest BCUT2D eigenvalue weighted by Crippen LogP contribution is 2.20. The number of hydrogen-bond donors (Lipinski definition) is 1. The van der Waals surface area contributed by atoms with Crippen molar-refractivity contribution in [3.05, 3.63) is 29.8 Å². The van der Waals surface area contributed by atoms with Crippen LogP contribution in [0.15, 0.2) is 24.3 Å². The van der Waals surface area contributed by atoms with E-state index in [4.69, 9.17) is 0 Å². The van der Waals surface area contributed by atoms with E-state index in [-0.39, 0.29) is 6.03 Å². The van der Waals surface area contributed by atoms with Gasteiger partial charge < -0.3 is 10.2 Å². The third-order valence-electron chi connectivity index (χ3n) is 4.32. The van der Waals surface area contributed by atoms with Crippen LogP contribution in [-0.4, -0.2) is 45.2 Å². The first-order valence-corrected chi connectivity index (χ1v) is 9.75. The Balaban J connectivity index is 2.00. The van der Waals surface area contributed by atoms with Gasteiger partial charge in [-0.1, -0.05) is 19.1 Å². The Hall–Kier alpha value is -1.76. The van der Waals surface area contributed by atoms with Crippen LogP contribution >= 0.6 is 0 Å². The van der Waals surface area contributed by atoms with Crippen LogP contribution in [0.5, 0.6) is 0 Å². The minimum atomic E-state index is -3.29. The average molecular weight is 339 g/mol. The molecule has 1 aliphatic heterocycles. The zero-order valence-electron chi connectivity index (χ0n) is 13.9. The third kappa shape index (κ3) is 4.37. The van der Waals surface area contributed by atoms with Gasteiger partial charge in [0.25, 0.3) is 0 Å². The van der Waals surface area contributed by atoms with Gasteiger partial charge >= 0.3 is 6.03 Å². The second-order valence-corrected chi connectivity index (χ2v) is 7.97. The number of hydrogen-bond acceptors (Lipinski definition) is 3. The molecule has 1 saturated heterocycles. The van der Waals surface area contributed by atoms with E-state index in [1.165, 1.54) is 17.6 Å². The van der Waals surface area contributed by atoms with Crippen LogP contribution in [0.2, 0.25) is 0 Å². The Kier molecular flexibility index (Phi) is 5.51. The SMILES string of the molecule is CCC1CCCN1C(=O)NCc1cccc(N(C)S(C)(=O)=O)c1. The maximum atomic E-state index is 12.3. The Labute approximate surface area is 138 Å². The molecule has 128 valence electrons. The minimum absolute atomic E-state index is 0.0452. The van der Waals surface area contributed by atoms with Crippen LogP contribution in [0, 0.1) is 0 Å². The summed E-state index contributed by atoms with van der Waals surface area (Å²) in [6.07, 6.45) is 4.26. The van der Waals surface area contributed by atoms with Gasteiger partial charge in [0, 0.05) is 26.2 Å². The molecule has 0 radical (unpaired) electrons. The van der Waals surface area contributed by atoms with E-state index in [9.17, 15) is 13.2 Å². The molecule has 0 aliphatic carbocycles. The first-order valence-electron chi connectivity index (χ1n) is 7.90. The number of carbonyl (C=O) groups is 1. The summed E-state index contributed by atoms with van der Waals surface area (Å²) in [4.78, 5) is 14.2. The van der Waals surface area contributed by atoms with E-state index in [0.29, 0.717) is 18.3 Å². The monoisotopic (exact) mass is 339 g/mol. The molecule has 2 rings (SSSR count). The van der Waals surface area contributed by atoms with Crippen molar-refractivity contribution in [2.45, 2.75) is 38.8 Å². The summed E-state index contributed by atoms with van der Waals surface area (Å²) in [5.74, 6) is 0. The fourth-order valence-electron chi connectivity index (χ4n) is 2.86. The molecular formula is C16H25N3O3S. The molecule has 6 nitrogen and oxygen atoms in total. The topological polar surface area (TPSA) is 69.7 Å². The highest BCUT2D eigenvalue weighted by atomic mass is 32.2. The highest BCUT2D eigenvalue weighted by molar-refractivity contribution is 7.92. The number of benzene rings is 1. The number of carbonyl (C=O) groups excluding carboxylic acids is 1. The Morgan fingerprint density at radius 2 is 2.17 bits per heavy atom. The zero-order chi connectivity index (χ0) is 17.0. The molecule has 0 spiro atoms. The molecular weight excluding hydrogens is 314 g/mol. The van der Waals surface area contributed by atoms with Gasteiger partial charge in [-0.05, 0) is 37.0 Å². The van der Waals surface area contributed by atoms with Crippen molar-refractivity contribution in [2.24, 2.45) is 0 Å². The molecule has 1 aromatic rings. The van der Waals surface area contributed by atoms with Crippen LogP contribution in [-0.2, 0) is 16.6 Å². The second kappa shape index (κ2) is 7.21. The molecule has 7 heteroatoms. The standard InChI is InChI=1S/C16H25N3O3S/c1-4-14-9-6-10-19(14)16(20)17-12-13-7-5-8-15(11-13)18(2)23(3,21)22/h5,7-8,11,14H,4,6,9-10,12H2,1-3H3,(H,17,20). The Bertz CT molecular complexity index is 660. The molecule has 0 saturated carbocycles. The number of nitrogens with one attached hydrogen (secondary N) is 1. The summed E-state index contributed by atoms with van der Waals surface area (Å²) < 4.78 is 24.4. The number of likely N-dealkylation sites (tertiary alicyclic amines) is 1. The van der Waals surface area contributed by atoms with E-state index < -0.39 is 10.0 Å². The fourth-order valence-corrected chi connectivity index (χ4v) is 3.36. The number of nitrogens with zero attached hydrogens (tertiary/aromatic N) is 2. The first kappa shape index (κ1) is 17.6. The van der Waals surface area contributed by atoms with Crippen molar-refractivity contribution in [1.29, 1.82) is 0 Å². The van der Waals surface area contributed by atoms with E-state index in [2.05, 4.69) is 12.2 Å². The summed E-state index contributed by atoms with van der Waals surface area (Å²) in [5, 5.41) is 2.93. The Morgan fingerprint density at radius 1 is 1.43 bits per heavy atom. The molecule has 1 N–H and O–H groups in total. The van der Waals surface area contributed by atoms with Gasteiger partial charge in [0.15, 0.2) is 0 Å².